The fourth-order valence-electron chi connectivity index (χ4n) is 1.77. The number of halogens is 1. The van der Waals surface area contributed by atoms with Crippen molar-refractivity contribution in [3.63, 3.8) is 0 Å². The van der Waals surface area contributed by atoms with Gasteiger partial charge >= 0.3 is 0 Å². The van der Waals surface area contributed by atoms with Gasteiger partial charge in [-0.3, -0.25) is 4.98 Å². The second-order valence-electron chi connectivity index (χ2n) is 4.16. The number of hydrogen-bond donors (Lipinski definition) is 1. The minimum absolute atomic E-state index is 0.307. The Labute approximate surface area is 106 Å². The predicted molar refractivity (Wildman–Crippen MR) is 67.5 cm³/mol. The Hall–Kier alpha value is -1.75. The molecule has 18 heavy (non-hydrogen) atoms. The van der Waals surface area contributed by atoms with Crippen LogP contribution in [0.1, 0.15) is 24.7 Å². The Morgan fingerprint density at radius 2 is 2.28 bits per heavy atom. The highest BCUT2D eigenvalue weighted by Crippen LogP contribution is 2.06. The maximum Gasteiger partial charge on any atom is 0.141 e. The van der Waals surface area contributed by atoms with E-state index in [0.717, 1.165) is 30.9 Å². The summed E-state index contributed by atoms with van der Waals surface area (Å²) >= 11 is 0. The van der Waals surface area contributed by atoms with Crippen LogP contribution in [0.5, 0.6) is 0 Å². The zero-order valence-electron chi connectivity index (χ0n) is 10.4. The van der Waals surface area contributed by atoms with Crippen LogP contribution < -0.4 is 5.32 Å². The summed E-state index contributed by atoms with van der Waals surface area (Å²) in [5.41, 5.74) is 0.838. The molecule has 0 fully saturated rings. The molecule has 0 amide bonds. The lowest BCUT2D eigenvalue weighted by atomic mass is 10.3. The smallest absolute Gasteiger partial charge is 0.141 e. The molecule has 0 radical (unpaired) electrons. The van der Waals surface area contributed by atoms with Gasteiger partial charge in [-0.2, -0.15) is 0 Å². The van der Waals surface area contributed by atoms with Crippen molar-refractivity contribution in [2.24, 2.45) is 0 Å². The molecule has 4 nitrogen and oxygen atoms in total. The molecule has 96 valence electrons. The summed E-state index contributed by atoms with van der Waals surface area (Å²) in [4.78, 5) is 8.14. The number of nitrogens with one attached hydrogen (secondary N) is 1. The van der Waals surface area contributed by atoms with E-state index in [-0.39, 0.29) is 5.82 Å². The zero-order valence-corrected chi connectivity index (χ0v) is 10.4. The molecule has 2 aromatic rings. The Bertz CT molecular complexity index is 495. The van der Waals surface area contributed by atoms with E-state index in [9.17, 15) is 4.39 Å². The zero-order chi connectivity index (χ0) is 12.8. The van der Waals surface area contributed by atoms with Crippen LogP contribution in [-0.4, -0.2) is 21.1 Å². The monoisotopic (exact) mass is 248 g/mol. The van der Waals surface area contributed by atoms with Crippen molar-refractivity contribution in [1.82, 2.24) is 19.9 Å². The molecule has 0 aromatic carbocycles. The molecule has 0 aliphatic heterocycles. The minimum Gasteiger partial charge on any atom is -0.329 e. The molecular weight excluding hydrogens is 231 g/mol. The van der Waals surface area contributed by atoms with Crippen LogP contribution in [-0.2, 0) is 13.1 Å². The maximum atomic E-state index is 13.0. The lowest BCUT2D eigenvalue weighted by molar-refractivity contribution is 0.603. The van der Waals surface area contributed by atoms with Crippen molar-refractivity contribution < 1.29 is 4.39 Å². The van der Waals surface area contributed by atoms with Crippen LogP contribution in [0.4, 0.5) is 4.39 Å². The first-order valence-electron chi connectivity index (χ1n) is 6.09. The molecular formula is C13H17FN4. The van der Waals surface area contributed by atoms with Crippen molar-refractivity contribution in [3.05, 3.63) is 48.1 Å². The van der Waals surface area contributed by atoms with E-state index >= 15 is 0 Å². The molecule has 2 aromatic heterocycles. The lowest BCUT2D eigenvalue weighted by Crippen LogP contribution is -2.18. The van der Waals surface area contributed by atoms with E-state index in [4.69, 9.17) is 0 Å². The molecule has 0 aliphatic carbocycles. The number of pyridine rings is 1. The Balaban J connectivity index is 2.03. The van der Waals surface area contributed by atoms with Gasteiger partial charge in [-0.25, -0.2) is 9.37 Å². The summed E-state index contributed by atoms with van der Waals surface area (Å²) in [6, 6.07) is 1.50. The first kappa shape index (κ1) is 12.7. The molecule has 2 heterocycles. The average Bonchev–Trinajstić information content (AvgIpc) is 2.77. The van der Waals surface area contributed by atoms with E-state index in [0.29, 0.717) is 6.54 Å². The second kappa shape index (κ2) is 6.26. The molecule has 0 saturated carbocycles. The Morgan fingerprint density at radius 3 is 3.06 bits per heavy atom. The minimum atomic E-state index is -0.307. The van der Waals surface area contributed by atoms with Gasteiger partial charge in [-0.1, -0.05) is 6.92 Å². The highest BCUT2D eigenvalue weighted by molar-refractivity contribution is 5.11. The third kappa shape index (κ3) is 3.37. The molecule has 0 aliphatic rings. The van der Waals surface area contributed by atoms with Gasteiger partial charge in [0.1, 0.15) is 11.6 Å². The number of aromatic nitrogens is 3. The molecule has 0 bridgehead atoms. The highest BCUT2D eigenvalue weighted by atomic mass is 19.1. The molecule has 1 N–H and O–H groups in total. The van der Waals surface area contributed by atoms with Gasteiger partial charge in [0, 0.05) is 18.6 Å². The average molecular weight is 248 g/mol. The number of hydrogen-bond acceptors (Lipinski definition) is 3. The lowest BCUT2D eigenvalue weighted by Gasteiger charge is -2.08. The maximum absolute atomic E-state index is 13.0. The van der Waals surface area contributed by atoms with Crippen molar-refractivity contribution in [3.8, 4) is 0 Å². The summed E-state index contributed by atoms with van der Waals surface area (Å²) in [5.74, 6) is 0.644. The van der Waals surface area contributed by atoms with E-state index < -0.39 is 0 Å². The Morgan fingerprint density at radius 1 is 1.39 bits per heavy atom. The van der Waals surface area contributed by atoms with Gasteiger partial charge in [-0.15, -0.1) is 0 Å². The van der Waals surface area contributed by atoms with E-state index in [1.807, 2.05) is 10.8 Å². The largest absolute Gasteiger partial charge is 0.329 e. The first-order chi connectivity index (χ1) is 8.79. The van der Waals surface area contributed by atoms with Crippen LogP contribution in [0, 0.1) is 5.82 Å². The normalized spacial score (nSPS) is 10.8. The van der Waals surface area contributed by atoms with Gasteiger partial charge in [0.05, 0.1) is 19.3 Å². The second-order valence-corrected chi connectivity index (χ2v) is 4.16. The molecule has 5 heteroatoms. The number of imidazole rings is 1. The third-order valence-corrected chi connectivity index (χ3v) is 2.63. The van der Waals surface area contributed by atoms with Crippen molar-refractivity contribution in [1.29, 1.82) is 0 Å². The Kier molecular flexibility index (Phi) is 4.41. The van der Waals surface area contributed by atoms with Crippen LogP contribution >= 0.6 is 0 Å². The number of nitrogens with zero attached hydrogens (tertiary/aromatic N) is 3. The summed E-state index contributed by atoms with van der Waals surface area (Å²) in [7, 11) is 0. The van der Waals surface area contributed by atoms with E-state index in [1.54, 1.807) is 12.4 Å². The topological polar surface area (TPSA) is 42.7 Å². The highest BCUT2D eigenvalue weighted by Gasteiger charge is 2.04. The summed E-state index contributed by atoms with van der Waals surface area (Å²) < 4.78 is 15.0. The van der Waals surface area contributed by atoms with Gasteiger partial charge in [-0.05, 0) is 24.6 Å². The van der Waals surface area contributed by atoms with Crippen LogP contribution in [0.15, 0.2) is 30.9 Å². The summed E-state index contributed by atoms with van der Waals surface area (Å²) in [6.45, 7) is 4.41. The van der Waals surface area contributed by atoms with Crippen molar-refractivity contribution >= 4 is 0 Å². The predicted octanol–water partition coefficient (Wildman–Crippen LogP) is 1.97. The quantitative estimate of drug-likeness (QED) is 0.795. The van der Waals surface area contributed by atoms with Crippen LogP contribution in [0.2, 0.25) is 0 Å². The molecule has 2 rings (SSSR count). The van der Waals surface area contributed by atoms with Gasteiger partial charge < -0.3 is 9.88 Å². The fourth-order valence-corrected chi connectivity index (χ4v) is 1.77. The summed E-state index contributed by atoms with van der Waals surface area (Å²) in [6.07, 6.45) is 7.63. The molecule has 0 atom stereocenters. The van der Waals surface area contributed by atoms with E-state index in [1.165, 1.54) is 12.3 Å². The summed E-state index contributed by atoms with van der Waals surface area (Å²) in [5, 5.41) is 3.30. The third-order valence-electron chi connectivity index (χ3n) is 2.63. The molecule has 0 saturated heterocycles. The van der Waals surface area contributed by atoms with Gasteiger partial charge in [0.2, 0.25) is 0 Å². The van der Waals surface area contributed by atoms with E-state index in [2.05, 4.69) is 22.2 Å². The van der Waals surface area contributed by atoms with Crippen LogP contribution in [0.25, 0.3) is 0 Å². The van der Waals surface area contributed by atoms with Crippen molar-refractivity contribution in [2.75, 3.05) is 6.54 Å². The molecule has 0 unspecified atom stereocenters. The fraction of sp³-hybridized carbons (Fsp3) is 0.385. The number of rotatable bonds is 6. The first-order valence-corrected chi connectivity index (χ1v) is 6.09. The van der Waals surface area contributed by atoms with Gasteiger partial charge in [0.15, 0.2) is 0 Å². The van der Waals surface area contributed by atoms with Crippen LogP contribution in [0.3, 0.4) is 0 Å². The van der Waals surface area contributed by atoms with Gasteiger partial charge in [0.25, 0.3) is 0 Å². The van der Waals surface area contributed by atoms with Crippen molar-refractivity contribution in [2.45, 2.75) is 26.4 Å². The molecule has 0 spiro atoms. The standard InChI is InChI=1S/C13H17FN4/c1-2-3-15-9-13-17-4-5-18(13)10-11-6-12(14)8-16-7-11/h4-8,15H,2-3,9-10H2,1H3. The SMILES string of the molecule is CCCNCc1nccn1Cc1cncc(F)c1.